The third-order valence-electron chi connectivity index (χ3n) is 2.93. The standard InChI is InChI=1S/C16H19BrN2O2/c1-11(18)8-12-9-13(17)6-7-15(12)21-10-14-4-3-5-16(19-14)20-2/h3-7,9,11H,8,10,18H2,1-2H3. The van der Waals surface area contributed by atoms with Crippen molar-refractivity contribution in [1.29, 1.82) is 0 Å². The lowest BCUT2D eigenvalue weighted by Crippen LogP contribution is -2.18. The number of rotatable bonds is 6. The molecule has 0 saturated carbocycles. The molecule has 0 fully saturated rings. The summed E-state index contributed by atoms with van der Waals surface area (Å²) in [5, 5.41) is 0. The molecule has 1 aromatic carbocycles. The van der Waals surface area contributed by atoms with E-state index in [1.54, 1.807) is 7.11 Å². The summed E-state index contributed by atoms with van der Waals surface area (Å²) in [6.07, 6.45) is 0.764. The second-order valence-electron chi connectivity index (χ2n) is 4.89. The van der Waals surface area contributed by atoms with Gasteiger partial charge in [0.1, 0.15) is 12.4 Å². The molecular weight excluding hydrogens is 332 g/mol. The van der Waals surface area contributed by atoms with Crippen LogP contribution >= 0.6 is 15.9 Å². The topological polar surface area (TPSA) is 57.4 Å². The van der Waals surface area contributed by atoms with E-state index in [1.807, 2.05) is 43.3 Å². The van der Waals surface area contributed by atoms with Gasteiger partial charge in [0.05, 0.1) is 12.8 Å². The van der Waals surface area contributed by atoms with E-state index in [4.69, 9.17) is 15.2 Å². The van der Waals surface area contributed by atoms with Crippen LogP contribution in [0.3, 0.4) is 0 Å². The number of halogens is 1. The Morgan fingerprint density at radius 3 is 2.81 bits per heavy atom. The molecule has 2 aromatic rings. The Balaban J connectivity index is 2.11. The molecule has 0 radical (unpaired) electrons. The summed E-state index contributed by atoms with van der Waals surface area (Å²) in [6, 6.07) is 11.6. The van der Waals surface area contributed by atoms with Crippen LogP contribution in [0.5, 0.6) is 11.6 Å². The minimum Gasteiger partial charge on any atom is -0.487 e. The number of hydrogen-bond donors (Lipinski definition) is 1. The lowest BCUT2D eigenvalue weighted by Gasteiger charge is -2.13. The molecular formula is C16H19BrN2O2. The molecule has 2 rings (SSSR count). The summed E-state index contributed by atoms with van der Waals surface area (Å²) in [5.74, 6) is 1.42. The van der Waals surface area contributed by atoms with E-state index in [1.165, 1.54) is 0 Å². The number of nitrogens with zero attached hydrogens (tertiary/aromatic N) is 1. The van der Waals surface area contributed by atoms with Gasteiger partial charge in [-0.1, -0.05) is 22.0 Å². The highest BCUT2D eigenvalue weighted by Gasteiger charge is 2.08. The Hall–Kier alpha value is -1.59. The molecule has 1 unspecified atom stereocenters. The molecule has 0 aliphatic rings. The van der Waals surface area contributed by atoms with Gasteiger partial charge in [0.2, 0.25) is 5.88 Å². The van der Waals surface area contributed by atoms with Gasteiger partial charge in [-0.25, -0.2) is 4.98 Å². The molecule has 1 atom stereocenters. The van der Waals surface area contributed by atoms with Crippen molar-refractivity contribution < 1.29 is 9.47 Å². The molecule has 0 bridgehead atoms. The third kappa shape index (κ3) is 4.72. The fraction of sp³-hybridized carbons (Fsp3) is 0.312. The van der Waals surface area contributed by atoms with Crippen LogP contribution < -0.4 is 15.2 Å². The van der Waals surface area contributed by atoms with E-state index in [0.717, 1.165) is 27.9 Å². The lowest BCUT2D eigenvalue weighted by atomic mass is 10.1. The van der Waals surface area contributed by atoms with Crippen molar-refractivity contribution in [2.75, 3.05) is 7.11 Å². The van der Waals surface area contributed by atoms with Crippen LogP contribution in [0.2, 0.25) is 0 Å². The summed E-state index contributed by atoms with van der Waals surface area (Å²) in [7, 11) is 1.60. The summed E-state index contributed by atoms with van der Waals surface area (Å²) < 4.78 is 12.0. The number of methoxy groups -OCH3 is 1. The highest BCUT2D eigenvalue weighted by Crippen LogP contribution is 2.25. The predicted molar refractivity (Wildman–Crippen MR) is 86.6 cm³/mol. The van der Waals surface area contributed by atoms with Crippen LogP contribution in [0.15, 0.2) is 40.9 Å². The summed E-state index contributed by atoms with van der Waals surface area (Å²) in [4.78, 5) is 4.33. The van der Waals surface area contributed by atoms with Crippen LogP contribution in [0, 0.1) is 0 Å². The first-order valence-electron chi connectivity index (χ1n) is 6.75. The van der Waals surface area contributed by atoms with Crippen LogP contribution in [0.4, 0.5) is 0 Å². The van der Waals surface area contributed by atoms with E-state index >= 15 is 0 Å². The Morgan fingerprint density at radius 2 is 2.10 bits per heavy atom. The van der Waals surface area contributed by atoms with Crippen molar-refractivity contribution in [2.24, 2.45) is 5.73 Å². The average molecular weight is 351 g/mol. The quantitative estimate of drug-likeness (QED) is 0.867. The Bertz CT molecular complexity index is 603. The summed E-state index contributed by atoms with van der Waals surface area (Å²) in [6.45, 7) is 2.37. The first kappa shape index (κ1) is 15.8. The smallest absolute Gasteiger partial charge is 0.213 e. The number of nitrogens with two attached hydrogens (primary N) is 1. The Kier molecular flexibility index (Phi) is 5.59. The SMILES string of the molecule is COc1cccc(COc2ccc(Br)cc2CC(C)N)n1. The number of hydrogen-bond acceptors (Lipinski definition) is 4. The molecule has 0 saturated heterocycles. The highest BCUT2D eigenvalue weighted by atomic mass is 79.9. The van der Waals surface area contributed by atoms with Crippen molar-refractivity contribution in [3.63, 3.8) is 0 Å². The van der Waals surface area contributed by atoms with Crippen molar-refractivity contribution in [3.05, 3.63) is 52.1 Å². The summed E-state index contributed by atoms with van der Waals surface area (Å²) in [5.41, 5.74) is 7.80. The molecule has 1 aromatic heterocycles. The Labute approximate surface area is 133 Å². The molecule has 0 aliphatic carbocycles. The monoisotopic (exact) mass is 350 g/mol. The second-order valence-corrected chi connectivity index (χ2v) is 5.81. The maximum atomic E-state index is 5.89. The zero-order valence-corrected chi connectivity index (χ0v) is 13.8. The molecule has 0 amide bonds. The summed E-state index contributed by atoms with van der Waals surface area (Å²) >= 11 is 3.48. The minimum atomic E-state index is 0.0802. The van der Waals surface area contributed by atoms with Crippen molar-refractivity contribution in [1.82, 2.24) is 4.98 Å². The third-order valence-corrected chi connectivity index (χ3v) is 3.42. The average Bonchev–Trinajstić information content (AvgIpc) is 2.46. The normalized spacial score (nSPS) is 12.0. The van der Waals surface area contributed by atoms with Gasteiger partial charge in [-0.2, -0.15) is 0 Å². The van der Waals surface area contributed by atoms with E-state index in [9.17, 15) is 0 Å². The van der Waals surface area contributed by atoms with Crippen molar-refractivity contribution in [3.8, 4) is 11.6 Å². The zero-order valence-electron chi connectivity index (χ0n) is 12.2. The highest BCUT2D eigenvalue weighted by molar-refractivity contribution is 9.10. The van der Waals surface area contributed by atoms with E-state index < -0.39 is 0 Å². The van der Waals surface area contributed by atoms with Gasteiger partial charge < -0.3 is 15.2 Å². The van der Waals surface area contributed by atoms with Gasteiger partial charge in [-0.3, -0.25) is 0 Å². The lowest BCUT2D eigenvalue weighted by molar-refractivity contribution is 0.294. The van der Waals surface area contributed by atoms with Crippen LogP contribution in [-0.2, 0) is 13.0 Å². The van der Waals surface area contributed by atoms with Gasteiger partial charge in [0.15, 0.2) is 0 Å². The predicted octanol–water partition coefficient (Wildman–Crippen LogP) is 3.32. The number of benzene rings is 1. The van der Waals surface area contributed by atoms with Gasteiger partial charge in [-0.05, 0) is 43.2 Å². The molecule has 4 nitrogen and oxygen atoms in total. The molecule has 2 N–H and O–H groups in total. The number of ether oxygens (including phenoxy) is 2. The van der Waals surface area contributed by atoms with Crippen molar-refractivity contribution in [2.45, 2.75) is 26.0 Å². The molecule has 0 spiro atoms. The second kappa shape index (κ2) is 7.43. The van der Waals surface area contributed by atoms with Gasteiger partial charge in [-0.15, -0.1) is 0 Å². The Morgan fingerprint density at radius 1 is 1.29 bits per heavy atom. The first-order valence-corrected chi connectivity index (χ1v) is 7.54. The van der Waals surface area contributed by atoms with Gasteiger partial charge >= 0.3 is 0 Å². The van der Waals surface area contributed by atoms with Crippen LogP contribution in [0.1, 0.15) is 18.2 Å². The number of pyridine rings is 1. The van der Waals surface area contributed by atoms with Crippen LogP contribution in [0.25, 0.3) is 0 Å². The maximum Gasteiger partial charge on any atom is 0.213 e. The molecule has 21 heavy (non-hydrogen) atoms. The zero-order chi connectivity index (χ0) is 15.2. The number of aromatic nitrogens is 1. The minimum absolute atomic E-state index is 0.0802. The molecule has 1 heterocycles. The van der Waals surface area contributed by atoms with E-state index in [0.29, 0.717) is 12.5 Å². The van der Waals surface area contributed by atoms with Crippen LogP contribution in [-0.4, -0.2) is 18.1 Å². The van der Waals surface area contributed by atoms with E-state index in [-0.39, 0.29) is 6.04 Å². The van der Waals surface area contributed by atoms with E-state index in [2.05, 4.69) is 20.9 Å². The van der Waals surface area contributed by atoms with Gasteiger partial charge in [0, 0.05) is 16.6 Å². The largest absolute Gasteiger partial charge is 0.487 e. The van der Waals surface area contributed by atoms with Crippen molar-refractivity contribution >= 4 is 15.9 Å². The molecule has 112 valence electrons. The first-order chi connectivity index (χ1) is 10.1. The fourth-order valence-corrected chi connectivity index (χ4v) is 2.41. The van der Waals surface area contributed by atoms with Gasteiger partial charge in [0.25, 0.3) is 0 Å². The molecule has 0 aliphatic heterocycles. The maximum absolute atomic E-state index is 5.89. The fourth-order valence-electron chi connectivity index (χ4n) is 2.00. The molecule has 5 heteroatoms.